The molecule has 1 aliphatic rings. The number of nitrogens with zero attached hydrogens (tertiary/aromatic N) is 4. The molecule has 1 N–H and O–H groups in total. The maximum Gasteiger partial charge on any atom is 0.271 e. The van der Waals surface area contributed by atoms with E-state index >= 15 is 0 Å². The van der Waals surface area contributed by atoms with Crippen LogP contribution in [0.15, 0.2) is 75.7 Å². The number of methoxy groups -OCH3 is 1. The number of fused-ring (bicyclic) bond motifs is 1. The van der Waals surface area contributed by atoms with Crippen LogP contribution in [-0.4, -0.2) is 27.4 Å². The molecular formula is C29H29N5O3S. The highest BCUT2D eigenvalue weighted by molar-refractivity contribution is 7.07. The molecule has 2 aromatic heterocycles. The predicted molar refractivity (Wildman–Crippen MR) is 149 cm³/mol. The fourth-order valence-corrected chi connectivity index (χ4v) is 5.82. The van der Waals surface area contributed by atoms with Gasteiger partial charge in [-0.25, -0.2) is 4.99 Å². The van der Waals surface area contributed by atoms with Gasteiger partial charge in [0.15, 0.2) is 4.80 Å². The first-order valence-electron chi connectivity index (χ1n) is 12.4. The van der Waals surface area contributed by atoms with E-state index in [1.54, 1.807) is 11.7 Å². The minimum atomic E-state index is -0.649. The molecule has 0 bridgehead atoms. The van der Waals surface area contributed by atoms with Crippen molar-refractivity contribution in [2.75, 3.05) is 12.4 Å². The molecule has 0 aliphatic carbocycles. The average Bonchev–Trinajstić information content (AvgIpc) is 3.38. The largest absolute Gasteiger partial charge is 0.497 e. The van der Waals surface area contributed by atoms with Crippen LogP contribution < -0.4 is 24.9 Å². The molecule has 2 aromatic carbocycles. The Morgan fingerprint density at radius 1 is 1.11 bits per heavy atom. The first kappa shape index (κ1) is 25.4. The Morgan fingerprint density at radius 2 is 1.82 bits per heavy atom. The summed E-state index contributed by atoms with van der Waals surface area (Å²) in [7, 11) is 1.60. The monoisotopic (exact) mass is 527 g/mol. The van der Waals surface area contributed by atoms with Crippen molar-refractivity contribution < 1.29 is 9.53 Å². The molecule has 0 unspecified atom stereocenters. The van der Waals surface area contributed by atoms with Crippen LogP contribution >= 0.6 is 11.3 Å². The number of carbonyl (C=O) groups excluding carboxylic acids is 1. The molecule has 1 amide bonds. The molecule has 0 saturated carbocycles. The van der Waals surface area contributed by atoms with Crippen LogP contribution in [0.5, 0.6) is 5.75 Å². The summed E-state index contributed by atoms with van der Waals surface area (Å²) < 4.78 is 9.43. The van der Waals surface area contributed by atoms with Gasteiger partial charge in [0.05, 0.1) is 34.6 Å². The van der Waals surface area contributed by atoms with Crippen LogP contribution in [0.1, 0.15) is 42.4 Å². The van der Waals surface area contributed by atoms with E-state index in [4.69, 9.17) is 9.73 Å². The Balaban J connectivity index is 1.69. The van der Waals surface area contributed by atoms with Gasteiger partial charge in [-0.05, 0) is 63.6 Å². The zero-order chi connectivity index (χ0) is 27.0. The topological polar surface area (TPSA) is 90.5 Å². The Hall–Kier alpha value is -4.24. The van der Waals surface area contributed by atoms with E-state index < -0.39 is 6.04 Å². The number of hydrogen-bond acceptors (Lipinski definition) is 6. The first-order chi connectivity index (χ1) is 18.3. The zero-order valence-corrected chi connectivity index (χ0v) is 22.8. The number of anilines is 1. The zero-order valence-electron chi connectivity index (χ0n) is 22.0. The number of amides is 1. The Bertz CT molecular complexity index is 1730. The maximum atomic E-state index is 13.9. The standard InChI is InChI=1S/C29H29N5O3S/c1-6-33-19(4)23(17(2)32-33)16-24-28(36)34-26(20-12-14-22(37-5)15-13-20)25(18(3)30-29(34)38-24)27(35)31-21-10-8-7-9-11-21/h7-16,26H,6H2,1-5H3,(H,31,35)/t26-/m1/s1. The number of carbonyl (C=O) groups is 1. The van der Waals surface area contributed by atoms with Crippen LogP contribution in [0.2, 0.25) is 0 Å². The molecule has 0 spiro atoms. The quantitative estimate of drug-likeness (QED) is 0.414. The van der Waals surface area contributed by atoms with Crippen LogP contribution in [0.3, 0.4) is 0 Å². The van der Waals surface area contributed by atoms with Crippen LogP contribution in [0.4, 0.5) is 5.69 Å². The Morgan fingerprint density at radius 3 is 2.45 bits per heavy atom. The third-order valence-electron chi connectivity index (χ3n) is 6.74. The summed E-state index contributed by atoms with van der Waals surface area (Å²) in [5.41, 5.74) is 5.04. The van der Waals surface area contributed by atoms with Gasteiger partial charge in [-0.15, -0.1) is 0 Å². The van der Waals surface area contributed by atoms with Gasteiger partial charge in [0, 0.05) is 23.5 Å². The third kappa shape index (κ3) is 4.50. The van der Waals surface area contributed by atoms with E-state index in [9.17, 15) is 9.59 Å². The molecule has 8 nitrogen and oxygen atoms in total. The smallest absolute Gasteiger partial charge is 0.271 e. The van der Waals surface area contributed by atoms with Gasteiger partial charge in [-0.1, -0.05) is 41.7 Å². The van der Waals surface area contributed by atoms with Crippen molar-refractivity contribution in [1.29, 1.82) is 0 Å². The number of nitrogens with one attached hydrogen (secondary N) is 1. The second-order valence-corrected chi connectivity index (χ2v) is 10.1. The fourth-order valence-electron chi connectivity index (χ4n) is 4.79. The maximum absolute atomic E-state index is 13.9. The van der Waals surface area contributed by atoms with Gasteiger partial charge < -0.3 is 10.1 Å². The SMILES string of the molecule is CCn1nc(C)c(C=c2sc3n(c2=O)[C@H](c2ccc(OC)cc2)C(C(=O)Nc2ccccc2)=C(C)N=3)c1C. The lowest BCUT2D eigenvalue weighted by Crippen LogP contribution is -2.40. The number of hydrogen-bond donors (Lipinski definition) is 1. The van der Waals surface area contributed by atoms with Gasteiger partial charge in [-0.3, -0.25) is 18.8 Å². The third-order valence-corrected chi connectivity index (χ3v) is 7.72. The molecule has 4 aromatic rings. The molecule has 38 heavy (non-hydrogen) atoms. The normalized spacial score (nSPS) is 15.3. The Kier molecular flexibility index (Phi) is 6.86. The molecule has 194 valence electrons. The minimum absolute atomic E-state index is 0.199. The number of benzene rings is 2. The number of aryl methyl sites for hydroxylation is 2. The number of ether oxygens (including phenoxy) is 1. The fraction of sp³-hybridized carbons (Fsp3) is 0.241. The molecule has 9 heteroatoms. The van der Waals surface area contributed by atoms with Gasteiger partial charge >= 0.3 is 0 Å². The van der Waals surface area contributed by atoms with Crippen molar-refractivity contribution in [3.05, 3.63) is 108 Å². The van der Waals surface area contributed by atoms with E-state index in [0.717, 1.165) is 29.1 Å². The van der Waals surface area contributed by atoms with Gasteiger partial charge in [-0.2, -0.15) is 5.10 Å². The second kappa shape index (κ2) is 10.3. The summed E-state index contributed by atoms with van der Waals surface area (Å²) in [6, 6.07) is 16.0. The first-order valence-corrected chi connectivity index (χ1v) is 13.2. The van der Waals surface area contributed by atoms with Crippen molar-refractivity contribution >= 4 is 29.0 Å². The van der Waals surface area contributed by atoms with E-state index in [1.165, 1.54) is 11.3 Å². The second-order valence-electron chi connectivity index (χ2n) is 9.08. The number of rotatable bonds is 6. The Labute approximate surface area is 224 Å². The van der Waals surface area contributed by atoms with Crippen LogP contribution in [0, 0.1) is 13.8 Å². The summed E-state index contributed by atoms with van der Waals surface area (Å²) in [6.07, 6.45) is 1.89. The summed E-state index contributed by atoms with van der Waals surface area (Å²) in [6.45, 7) is 8.54. The molecule has 3 heterocycles. The molecule has 0 fully saturated rings. The lowest BCUT2D eigenvalue weighted by Gasteiger charge is -2.25. The summed E-state index contributed by atoms with van der Waals surface area (Å²) >= 11 is 1.32. The lowest BCUT2D eigenvalue weighted by molar-refractivity contribution is -0.113. The summed E-state index contributed by atoms with van der Waals surface area (Å²) in [5, 5.41) is 7.56. The molecule has 1 aliphatic heterocycles. The number of thiazole rings is 1. The minimum Gasteiger partial charge on any atom is -0.497 e. The van der Waals surface area contributed by atoms with Crippen LogP contribution in [-0.2, 0) is 11.3 Å². The van der Waals surface area contributed by atoms with Gasteiger partial charge in [0.2, 0.25) is 0 Å². The molecule has 1 atom stereocenters. The highest BCUT2D eigenvalue weighted by Crippen LogP contribution is 2.31. The van der Waals surface area contributed by atoms with Crippen LogP contribution in [0.25, 0.3) is 6.08 Å². The van der Waals surface area contributed by atoms with Crippen molar-refractivity contribution in [2.24, 2.45) is 4.99 Å². The molecular weight excluding hydrogens is 498 g/mol. The van der Waals surface area contributed by atoms with E-state index in [1.807, 2.05) is 93.1 Å². The summed E-state index contributed by atoms with van der Waals surface area (Å²) in [4.78, 5) is 32.9. The van der Waals surface area contributed by atoms with Crippen molar-refractivity contribution in [1.82, 2.24) is 14.3 Å². The highest BCUT2D eigenvalue weighted by atomic mass is 32.1. The molecule has 0 saturated heterocycles. The van der Waals surface area contributed by atoms with Crippen molar-refractivity contribution in [3.8, 4) is 5.75 Å². The predicted octanol–water partition coefficient (Wildman–Crippen LogP) is 3.72. The number of para-hydroxylation sites is 1. The average molecular weight is 528 g/mol. The number of aromatic nitrogens is 3. The molecule has 5 rings (SSSR count). The highest BCUT2D eigenvalue weighted by Gasteiger charge is 2.32. The van der Waals surface area contributed by atoms with E-state index in [-0.39, 0.29) is 11.5 Å². The summed E-state index contributed by atoms with van der Waals surface area (Å²) in [5.74, 6) is 0.388. The van der Waals surface area contributed by atoms with Gasteiger partial charge in [0.1, 0.15) is 5.75 Å². The van der Waals surface area contributed by atoms with Gasteiger partial charge in [0.25, 0.3) is 11.5 Å². The van der Waals surface area contributed by atoms with Crippen molar-refractivity contribution in [2.45, 2.75) is 40.3 Å². The lowest BCUT2D eigenvalue weighted by atomic mass is 9.95. The number of allylic oxidation sites excluding steroid dienone is 1. The molecule has 0 radical (unpaired) electrons. The van der Waals surface area contributed by atoms with Crippen molar-refractivity contribution in [3.63, 3.8) is 0 Å². The van der Waals surface area contributed by atoms with E-state index in [0.29, 0.717) is 32.0 Å². The van der Waals surface area contributed by atoms with E-state index in [2.05, 4.69) is 10.4 Å².